The Morgan fingerprint density at radius 3 is 2.21 bits per heavy atom. The second-order valence-electron chi connectivity index (χ2n) is 5.19. The lowest BCUT2D eigenvalue weighted by atomic mass is 10.0. The predicted octanol–water partition coefficient (Wildman–Crippen LogP) is 3.25. The van der Waals surface area contributed by atoms with Crippen molar-refractivity contribution in [3.63, 3.8) is 0 Å². The molecule has 1 aromatic carbocycles. The zero-order valence-corrected chi connectivity index (χ0v) is 12.3. The van der Waals surface area contributed by atoms with Crippen LogP contribution in [0.5, 0.6) is 0 Å². The third-order valence-electron chi connectivity index (χ3n) is 3.23. The summed E-state index contributed by atoms with van der Waals surface area (Å²) in [4.78, 5) is 25.5. The zero-order valence-electron chi connectivity index (χ0n) is 12.3. The molecule has 3 heteroatoms. The topological polar surface area (TPSA) is 37.4 Å². The van der Waals surface area contributed by atoms with Gasteiger partial charge in [-0.05, 0) is 17.9 Å². The van der Waals surface area contributed by atoms with Crippen LogP contribution < -0.4 is 0 Å². The van der Waals surface area contributed by atoms with Crippen LogP contribution in [0.1, 0.15) is 55.5 Å². The Hall–Kier alpha value is -1.64. The zero-order chi connectivity index (χ0) is 14.4. The molecule has 0 unspecified atom stereocenters. The number of carbonyl (C=O) groups excluding carboxylic acids is 2. The lowest BCUT2D eigenvalue weighted by molar-refractivity contribution is -0.125. The number of ketones is 1. The third kappa shape index (κ3) is 4.19. The molecule has 0 saturated carbocycles. The largest absolute Gasteiger partial charge is 0.339 e. The Balaban J connectivity index is 2.74. The van der Waals surface area contributed by atoms with Crippen LogP contribution >= 0.6 is 0 Å². The lowest BCUT2D eigenvalue weighted by Gasteiger charge is -2.15. The highest BCUT2D eigenvalue weighted by Crippen LogP contribution is 2.15. The normalized spacial score (nSPS) is 10.6. The molecule has 0 heterocycles. The van der Waals surface area contributed by atoms with Gasteiger partial charge in [0.2, 0.25) is 5.78 Å². The number of hydrogen-bond donors (Lipinski definition) is 0. The van der Waals surface area contributed by atoms with Crippen LogP contribution in [0.4, 0.5) is 0 Å². The SMILES string of the molecule is CCCCN(C)C(=O)C(=O)c1ccc(C(C)C)cc1. The lowest BCUT2D eigenvalue weighted by Crippen LogP contribution is -2.34. The summed E-state index contributed by atoms with van der Waals surface area (Å²) in [6, 6.07) is 7.31. The van der Waals surface area contributed by atoms with Gasteiger partial charge in [-0.25, -0.2) is 0 Å². The van der Waals surface area contributed by atoms with E-state index in [1.807, 2.05) is 12.1 Å². The molecule has 0 radical (unpaired) electrons. The molecule has 19 heavy (non-hydrogen) atoms. The first-order valence-electron chi connectivity index (χ1n) is 6.87. The van der Waals surface area contributed by atoms with Crippen LogP contribution in [0.15, 0.2) is 24.3 Å². The van der Waals surface area contributed by atoms with Crippen molar-refractivity contribution in [2.75, 3.05) is 13.6 Å². The van der Waals surface area contributed by atoms with Crippen molar-refractivity contribution < 1.29 is 9.59 Å². The summed E-state index contributed by atoms with van der Waals surface area (Å²) >= 11 is 0. The Morgan fingerprint density at radius 1 is 1.16 bits per heavy atom. The Labute approximate surface area is 115 Å². The number of likely N-dealkylation sites (N-methyl/N-ethyl adjacent to an activating group) is 1. The molecule has 1 rings (SSSR count). The molecule has 0 fully saturated rings. The van der Waals surface area contributed by atoms with Crippen LogP contribution in [-0.2, 0) is 4.79 Å². The first kappa shape index (κ1) is 15.4. The minimum Gasteiger partial charge on any atom is -0.339 e. The Kier molecular flexibility index (Phi) is 5.74. The summed E-state index contributed by atoms with van der Waals surface area (Å²) in [5.41, 5.74) is 1.64. The maximum Gasteiger partial charge on any atom is 0.294 e. The van der Waals surface area contributed by atoms with Crippen molar-refractivity contribution >= 4 is 11.7 Å². The predicted molar refractivity (Wildman–Crippen MR) is 77.4 cm³/mol. The van der Waals surface area contributed by atoms with E-state index in [1.54, 1.807) is 19.2 Å². The number of Topliss-reactive ketones (excluding diaryl/α,β-unsaturated/α-hetero) is 1. The standard InChI is InChI=1S/C16H23NO2/c1-5-6-11-17(4)16(19)15(18)14-9-7-13(8-10-14)12(2)3/h7-10,12H,5-6,11H2,1-4H3. The molecule has 0 aliphatic carbocycles. The van der Waals surface area contributed by atoms with Gasteiger partial charge in [0.15, 0.2) is 0 Å². The molecule has 0 atom stereocenters. The molecule has 1 aromatic rings. The molecular formula is C16H23NO2. The average Bonchev–Trinajstić information content (AvgIpc) is 2.43. The van der Waals surface area contributed by atoms with Crippen molar-refractivity contribution in [1.29, 1.82) is 0 Å². The van der Waals surface area contributed by atoms with Gasteiger partial charge < -0.3 is 4.90 Å². The summed E-state index contributed by atoms with van der Waals surface area (Å²) in [7, 11) is 1.68. The number of carbonyl (C=O) groups is 2. The molecule has 104 valence electrons. The van der Waals surface area contributed by atoms with Gasteiger partial charge in [-0.1, -0.05) is 51.5 Å². The van der Waals surface area contributed by atoms with E-state index >= 15 is 0 Å². The Morgan fingerprint density at radius 2 is 1.74 bits per heavy atom. The Bertz CT molecular complexity index is 435. The van der Waals surface area contributed by atoms with E-state index in [2.05, 4.69) is 20.8 Å². The average molecular weight is 261 g/mol. The van der Waals surface area contributed by atoms with Crippen LogP contribution in [0.2, 0.25) is 0 Å². The van der Waals surface area contributed by atoms with Gasteiger partial charge in [0.05, 0.1) is 0 Å². The van der Waals surface area contributed by atoms with Crippen molar-refractivity contribution in [2.45, 2.75) is 39.5 Å². The second-order valence-corrected chi connectivity index (χ2v) is 5.19. The number of nitrogens with zero attached hydrogens (tertiary/aromatic N) is 1. The number of amides is 1. The molecule has 1 amide bonds. The van der Waals surface area contributed by atoms with Crippen LogP contribution in [-0.4, -0.2) is 30.2 Å². The van der Waals surface area contributed by atoms with Gasteiger partial charge in [-0.2, -0.15) is 0 Å². The first-order valence-corrected chi connectivity index (χ1v) is 6.87. The van der Waals surface area contributed by atoms with E-state index in [1.165, 1.54) is 10.5 Å². The summed E-state index contributed by atoms with van der Waals surface area (Å²) in [6.45, 7) is 6.89. The summed E-state index contributed by atoms with van der Waals surface area (Å²) in [5.74, 6) is -0.424. The van der Waals surface area contributed by atoms with E-state index in [0.29, 0.717) is 18.0 Å². The van der Waals surface area contributed by atoms with Gasteiger partial charge >= 0.3 is 0 Å². The van der Waals surface area contributed by atoms with Gasteiger partial charge in [0.25, 0.3) is 5.91 Å². The fourth-order valence-electron chi connectivity index (χ4n) is 1.81. The van der Waals surface area contributed by atoms with Crippen molar-refractivity contribution in [3.8, 4) is 0 Å². The van der Waals surface area contributed by atoms with Gasteiger partial charge in [0.1, 0.15) is 0 Å². The molecule has 0 aliphatic heterocycles. The van der Waals surface area contributed by atoms with Crippen molar-refractivity contribution in [3.05, 3.63) is 35.4 Å². The molecule has 0 bridgehead atoms. The third-order valence-corrected chi connectivity index (χ3v) is 3.23. The smallest absolute Gasteiger partial charge is 0.294 e. The van der Waals surface area contributed by atoms with E-state index in [0.717, 1.165) is 12.8 Å². The minimum atomic E-state index is -0.425. The minimum absolute atomic E-state index is 0.422. The van der Waals surface area contributed by atoms with E-state index in [4.69, 9.17) is 0 Å². The number of rotatable bonds is 6. The maximum atomic E-state index is 12.0. The molecule has 0 N–H and O–H groups in total. The van der Waals surface area contributed by atoms with Crippen molar-refractivity contribution in [2.24, 2.45) is 0 Å². The molecular weight excluding hydrogens is 238 g/mol. The molecule has 0 aromatic heterocycles. The molecule has 0 spiro atoms. The number of benzene rings is 1. The van der Waals surface area contributed by atoms with Gasteiger partial charge in [-0.15, -0.1) is 0 Å². The molecule has 3 nitrogen and oxygen atoms in total. The van der Waals surface area contributed by atoms with Crippen molar-refractivity contribution in [1.82, 2.24) is 4.90 Å². The van der Waals surface area contributed by atoms with Gasteiger partial charge in [0, 0.05) is 19.2 Å². The monoisotopic (exact) mass is 261 g/mol. The van der Waals surface area contributed by atoms with E-state index in [-0.39, 0.29) is 0 Å². The van der Waals surface area contributed by atoms with Crippen LogP contribution in [0.25, 0.3) is 0 Å². The van der Waals surface area contributed by atoms with Crippen LogP contribution in [0.3, 0.4) is 0 Å². The molecule has 0 saturated heterocycles. The van der Waals surface area contributed by atoms with E-state index < -0.39 is 11.7 Å². The molecule has 0 aliphatic rings. The number of unbranched alkanes of at least 4 members (excludes halogenated alkanes) is 1. The summed E-state index contributed by atoms with van der Waals surface area (Å²) in [6.07, 6.45) is 1.93. The second kappa shape index (κ2) is 7.07. The fourth-order valence-corrected chi connectivity index (χ4v) is 1.81. The quantitative estimate of drug-likeness (QED) is 0.582. The first-order chi connectivity index (χ1) is 8.97. The van der Waals surface area contributed by atoms with Gasteiger partial charge in [-0.3, -0.25) is 9.59 Å². The van der Waals surface area contributed by atoms with E-state index in [9.17, 15) is 9.59 Å². The highest BCUT2D eigenvalue weighted by molar-refractivity contribution is 6.42. The fraction of sp³-hybridized carbons (Fsp3) is 0.500. The highest BCUT2D eigenvalue weighted by Gasteiger charge is 2.19. The summed E-state index contributed by atoms with van der Waals surface area (Å²) in [5, 5.41) is 0. The maximum absolute atomic E-state index is 12.0. The van der Waals surface area contributed by atoms with Crippen LogP contribution in [0, 0.1) is 0 Å². The summed E-state index contributed by atoms with van der Waals surface area (Å²) < 4.78 is 0. The number of hydrogen-bond acceptors (Lipinski definition) is 2. The highest BCUT2D eigenvalue weighted by atomic mass is 16.2.